The van der Waals surface area contributed by atoms with Crippen LogP contribution in [0, 0.1) is 5.92 Å². The third-order valence-corrected chi connectivity index (χ3v) is 6.45. The van der Waals surface area contributed by atoms with Crippen LogP contribution >= 0.6 is 22.9 Å². The van der Waals surface area contributed by atoms with Crippen LogP contribution in [-0.2, 0) is 16.4 Å². The zero-order valence-corrected chi connectivity index (χ0v) is 15.3. The Labute approximate surface area is 148 Å². The van der Waals surface area contributed by atoms with Crippen LogP contribution < -0.4 is 4.90 Å². The lowest BCUT2D eigenvalue weighted by Crippen LogP contribution is -2.48. The van der Waals surface area contributed by atoms with E-state index in [4.69, 9.17) is 11.6 Å². The molecule has 0 atom stereocenters. The molecule has 0 radical (unpaired) electrons. The summed E-state index contributed by atoms with van der Waals surface area (Å²) in [5.74, 6) is 0.488. The molecule has 0 saturated carbocycles. The maximum Gasteiger partial charge on any atom is 0.186 e. The number of hydrogen-bond donors (Lipinski definition) is 0. The van der Waals surface area contributed by atoms with Crippen LogP contribution in [0.1, 0.15) is 0 Å². The summed E-state index contributed by atoms with van der Waals surface area (Å²) in [5, 5.41) is 5.71. The van der Waals surface area contributed by atoms with E-state index in [1.54, 1.807) is 18.3 Å². The molecule has 0 amide bonds. The Morgan fingerprint density at radius 3 is 2.83 bits per heavy atom. The predicted octanol–water partition coefficient (Wildman–Crippen LogP) is 2.69. The van der Waals surface area contributed by atoms with Gasteiger partial charge in [0.2, 0.25) is 0 Å². The molecule has 0 unspecified atom stereocenters. The van der Waals surface area contributed by atoms with E-state index in [0.717, 1.165) is 29.5 Å². The molecule has 1 saturated heterocycles. The molecule has 24 heavy (non-hydrogen) atoms. The van der Waals surface area contributed by atoms with E-state index in [2.05, 4.69) is 15.0 Å². The third-order valence-electron chi connectivity index (χ3n) is 4.04. The molecule has 4 rings (SSSR count). The maximum atomic E-state index is 11.9. The predicted molar refractivity (Wildman–Crippen MR) is 95.7 cm³/mol. The standard InChI is InChI=1S/C15H15ClN4O2S2/c1-24(21,22)13-4-2-3-12-14(13)18-15(23-12)19-6-10(7-19)8-20-9-11(16)5-17-20/h2-5,9-10H,6-8H2,1H3. The van der Waals surface area contributed by atoms with E-state index in [0.29, 0.717) is 21.4 Å². The van der Waals surface area contributed by atoms with Crippen molar-refractivity contribution in [3.8, 4) is 0 Å². The van der Waals surface area contributed by atoms with Crippen LogP contribution in [0.3, 0.4) is 0 Å². The summed E-state index contributed by atoms with van der Waals surface area (Å²) >= 11 is 7.41. The maximum absolute atomic E-state index is 11.9. The Morgan fingerprint density at radius 1 is 1.38 bits per heavy atom. The minimum Gasteiger partial charge on any atom is -0.347 e. The van der Waals surface area contributed by atoms with Gasteiger partial charge in [-0.15, -0.1) is 0 Å². The average Bonchev–Trinajstić information content (AvgIpc) is 3.06. The highest BCUT2D eigenvalue weighted by atomic mass is 35.5. The number of para-hydroxylation sites is 1. The number of benzene rings is 1. The van der Waals surface area contributed by atoms with Gasteiger partial charge >= 0.3 is 0 Å². The van der Waals surface area contributed by atoms with Gasteiger partial charge < -0.3 is 4.90 Å². The molecule has 126 valence electrons. The zero-order chi connectivity index (χ0) is 16.9. The van der Waals surface area contributed by atoms with Crippen molar-refractivity contribution in [1.29, 1.82) is 0 Å². The van der Waals surface area contributed by atoms with Gasteiger partial charge in [-0.3, -0.25) is 4.68 Å². The lowest BCUT2D eigenvalue weighted by molar-refractivity contribution is 0.342. The van der Waals surface area contributed by atoms with Gasteiger partial charge in [0.1, 0.15) is 5.52 Å². The van der Waals surface area contributed by atoms with Crippen molar-refractivity contribution >= 4 is 48.1 Å². The second-order valence-corrected chi connectivity index (χ2v) is 9.45. The molecular formula is C15H15ClN4O2S2. The molecule has 0 spiro atoms. The van der Waals surface area contributed by atoms with Gasteiger partial charge in [0.25, 0.3) is 0 Å². The molecule has 0 bridgehead atoms. The first-order valence-corrected chi connectivity index (χ1v) is 10.5. The second kappa shape index (κ2) is 5.72. The molecular weight excluding hydrogens is 368 g/mol. The minimum absolute atomic E-state index is 0.297. The van der Waals surface area contributed by atoms with Crippen molar-refractivity contribution in [2.24, 2.45) is 5.92 Å². The molecule has 1 aliphatic heterocycles. The van der Waals surface area contributed by atoms with Gasteiger partial charge in [-0.05, 0) is 12.1 Å². The highest BCUT2D eigenvalue weighted by molar-refractivity contribution is 7.91. The zero-order valence-electron chi connectivity index (χ0n) is 12.9. The summed E-state index contributed by atoms with van der Waals surface area (Å²) in [5.41, 5.74) is 0.572. The van der Waals surface area contributed by atoms with Gasteiger partial charge in [0.05, 0.1) is 20.8 Å². The van der Waals surface area contributed by atoms with Crippen LogP contribution in [0.15, 0.2) is 35.5 Å². The summed E-state index contributed by atoms with van der Waals surface area (Å²) in [6, 6.07) is 5.29. The lowest BCUT2D eigenvalue weighted by Gasteiger charge is -2.39. The first-order valence-electron chi connectivity index (χ1n) is 7.42. The topological polar surface area (TPSA) is 68.1 Å². The first kappa shape index (κ1) is 15.9. The Morgan fingerprint density at radius 2 is 2.17 bits per heavy atom. The lowest BCUT2D eigenvalue weighted by atomic mass is 10.0. The summed E-state index contributed by atoms with van der Waals surface area (Å²) in [6.07, 6.45) is 4.67. The fourth-order valence-corrected chi connectivity index (χ4v) is 4.95. The first-order chi connectivity index (χ1) is 11.4. The number of anilines is 1. The summed E-state index contributed by atoms with van der Waals surface area (Å²) in [4.78, 5) is 7.04. The molecule has 6 nitrogen and oxygen atoms in total. The average molecular weight is 383 g/mol. The molecule has 1 fully saturated rings. The number of thiazole rings is 1. The Hall–Kier alpha value is -1.64. The smallest absolute Gasteiger partial charge is 0.186 e. The summed E-state index contributed by atoms with van der Waals surface area (Å²) in [7, 11) is -3.28. The number of halogens is 1. The second-order valence-electron chi connectivity index (χ2n) is 6.02. The number of aromatic nitrogens is 3. The number of rotatable bonds is 4. The van der Waals surface area contributed by atoms with Crippen molar-refractivity contribution in [3.63, 3.8) is 0 Å². The van der Waals surface area contributed by atoms with Crippen molar-refractivity contribution in [1.82, 2.24) is 14.8 Å². The van der Waals surface area contributed by atoms with E-state index >= 15 is 0 Å². The van der Waals surface area contributed by atoms with Gasteiger partial charge in [-0.2, -0.15) is 5.10 Å². The van der Waals surface area contributed by atoms with E-state index in [1.807, 2.05) is 16.9 Å². The van der Waals surface area contributed by atoms with Gasteiger partial charge in [0.15, 0.2) is 15.0 Å². The Kier molecular flexibility index (Phi) is 3.78. The van der Waals surface area contributed by atoms with Crippen LogP contribution in [0.25, 0.3) is 10.2 Å². The van der Waals surface area contributed by atoms with E-state index < -0.39 is 9.84 Å². The summed E-state index contributed by atoms with van der Waals surface area (Å²) < 4.78 is 26.5. The van der Waals surface area contributed by atoms with Crippen molar-refractivity contribution < 1.29 is 8.42 Å². The number of hydrogen-bond acceptors (Lipinski definition) is 6. The molecule has 0 N–H and O–H groups in total. The van der Waals surface area contributed by atoms with Crippen molar-refractivity contribution in [2.75, 3.05) is 24.2 Å². The Balaban J connectivity index is 1.52. The summed E-state index contributed by atoms with van der Waals surface area (Å²) in [6.45, 7) is 2.58. The monoisotopic (exact) mass is 382 g/mol. The fourth-order valence-electron chi connectivity index (χ4n) is 2.89. The van der Waals surface area contributed by atoms with Crippen LogP contribution in [0.2, 0.25) is 5.02 Å². The van der Waals surface area contributed by atoms with Crippen LogP contribution in [0.5, 0.6) is 0 Å². The van der Waals surface area contributed by atoms with Gasteiger partial charge in [-0.1, -0.05) is 29.0 Å². The largest absolute Gasteiger partial charge is 0.347 e. The van der Waals surface area contributed by atoms with Crippen LogP contribution in [-0.4, -0.2) is 42.5 Å². The molecule has 2 aromatic heterocycles. The van der Waals surface area contributed by atoms with Crippen molar-refractivity contribution in [2.45, 2.75) is 11.4 Å². The minimum atomic E-state index is -3.28. The number of nitrogens with zero attached hydrogens (tertiary/aromatic N) is 4. The molecule has 9 heteroatoms. The number of sulfone groups is 1. The van der Waals surface area contributed by atoms with E-state index in [1.165, 1.54) is 17.6 Å². The molecule has 1 aromatic carbocycles. The quantitative estimate of drug-likeness (QED) is 0.694. The van der Waals surface area contributed by atoms with Gasteiger partial charge in [-0.25, -0.2) is 13.4 Å². The van der Waals surface area contributed by atoms with E-state index in [9.17, 15) is 8.42 Å². The molecule has 3 aromatic rings. The van der Waals surface area contributed by atoms with Gasteiger partial charge in [0, 0.05) is 38.0 Å². The third kappa shape index (κ3) is 2.89. The van der Waals surface area contributed by atoms with Crippen molar-refractivity contribution in [3.05, 3.63) is 35.6 Å². The SMILES string of the molecule is CS(=O)(=O)c1cccc2sc(N3CC(Cn4cc(Cl)cn4)C3)nc12. The Bertz CT molecular complexity index is 1010. The highest BCUT2D eigenvalue weighted by Crippen LogP contribution is 2.35. The molecule has 3 heterocycles. The molecule has 1 aliphatic rings. The molecule has 0 aliphatic carbocycles. The van der Waals surface area contributed by atoms with E-state index in [-0.39, 0.29) is 0 Å². The fraction of sp³-hybridized carbons (Fsp3) is 0.333. The number of fused-ring (bicyclic) bond motifs is 1. The van der Waals surface area contributed by atoms with Crippen LogP contribution in [0.4, 0.5) is 5.13 Å². The highest BCUT2D eigenvalue weighted by Gasteiger charge is 2.30. The normalized spacial score (nSPS) is 15.8.